The van der Waals surface area contributed by atoms with Gasteiger partial charge in [0.2, 0.25) is 0 Å². The van der Waals surface area contributed by atoms with Gasteiger partial charge in [0.1, 0.15) is 6.10 Å². The monoisotopic (exact) mass is 225 g/mol. The standard InChI is InChI=1S/C11H12ClNO2/c1-13-9(6-10(14)11(13)15)7-4-2-3-5-8(7)12/h2-5,9-10,14H,6H2,1H3/t9-,10-/m0/s1. The predicted octanol–water partition coefficient (Wildman–Crippen LogP) is 1.60. The van der Waals surface area contributed by atoms with Gasteiger partial charge in [-0.25, -0.2) is 0 Å². The summed E-state index contributed by atoms with van der Waals surface area (Å²) in [6, 6.07) is 7.29. The molecule has 1 heterocycles. The van der Waals surface area contributed by atoms with Crippen molar-refractivity contribution in [3.63, 3.8) is 0 Å². The van der Waals surface area contributed by atoms with Crippen LogP contribution in [0.15, 0.2) is 24.3 Å². The Kier molecular flexibility index (Phi) is 2.67. The molecule has 1 fully saturated rings. The minimum Gasteiger partial charge on any atom is -0.383 e. The highest BCUT2D eigenvalue weighted by Gasteiger charge is 2.37. The van der Waals surface area contributed by atoms with Crippen LogP contribution in [-0.4, -0.2) is 29.1 Å². The Labute approximate surface area is 93.3 Å². The zero-order valence-corrected chi connectivity index (χ0v) is 9.11. The molecule has 80 valence electrons. The van der Waals surface area contributed by atoms with Crippen LogP contribution in [-0.2, 0) is 4.79 Å². The van der Waals surface area contributed by atoms with Crippen molar-refractivity contribution in [2.24, 2.45) is 0 Å². The van der Waals surface area contributed by atoms with Gasteiger partial charge in [0.15, 0.2) is 0 Å². The molecular formula is C11H12ClNO2. The largest absolute Gasteiger partial charge is 0.383 e. The number of hydrogen-bond acceptors (Lipinski definition) is 2. The summed E-state index contributed by atoms with van der Waals surface area (Å²) in [6.07, 6.45) is -0.477. The number of benzene rings is 1. The molecule has 1 aromatic rings. The Morgan fingerprint density at radius 2 is 2.13 bits per heavy atom. The molecular weight excluding hydrogens is 214 g/mol. The van der Waals surface area contributed by atoms with E-state index in [4.69, 9.17) is 11.6 Å². The molecule has 0 saturated carbocycles. The number of nitrogens with zero attached hydrogens (tertiary/aromatic N) is 1. The van der Waals surface area contributed by atoms with E-state index in [1.54, 1.807) is 18.0 Å². The topological polar surface area (TPSA) is 40.5 Å². The maximum atomic E-state index is 11.4. The average Bonchev–Trinajstić information content (AvgIpc) is 2.47. The maximum Gasteiger partial charge on any atom is 0.251 e. The van der Waals surface area contributed by atoms with Crippen molar-refractivity contribution in [1.29, 1.82) is 0 Å². The smallest absolute Gasteiger partial charge is 0.251 e. The van der Waals surface area contributed by atoms with Crippen LogP contribution in [0.2, 0.25) is 5.02 Å². The third-order valence-corrected chi connectivity index (χ3v) is 3.16. The van der Waals surface area contributed by atoms with Gasteiger partial charge in [-0.3, -0.25) is 4.79 Å². The molecule has 0 unspecified atom stereocenters. The lowest BCUT2D eigenvalue weighted by molar-refractivity contribution is -0.134. The minimum absolute atomic E-state index is 0.110. The molecule has 4 heteroatoms. The molecule has 0 aromatic heterocycles. The van der Waals surface area contributed by atoms with Gasteiger partial charge >= 0.3 is 0 Å². The highest BCUT2D eigenvalue weighted by atomic mass is 35.5. The van der Waals surface area contributed by atoms with Crippen molar-refractivity contribution in [2.75, 3.05) is 7.05 Å². The predicted molar refractivity (Wildman–Crippen MR) is 57.6 cm³/mol. The van der Waals surface area contributed by atoms with Gasteiger partial charge in [-0.1, -0.05) is 29.8 Å². The molecule has 1 aromatic carbocycles. The number of carbonyl (C=O) groups excluding carboxylic acids is 1. The van der Waals surface area contributed by atoms with Crippen LogP contribution in [0, 0.1) is 0 Å². The first-order valence-corrected chi connectivity index (χ1v) is 5.18. The second-order valence-corrected chi connectivity index (χ2v) is 4.15. The van der Waals surface area contributed by atoms with Crippen molar-refractivity contribution in [1.82, 2.24) is 4.90 Å². The van der Waals surface area contributed by atoms with Gasteiger partial charge < -0.3 is 10.0 Å². The molecule has 2 atom stereocenters. The molecule has 1 aliphatic rings. The van der Waals surface area contributed by atoms with Gasteiger partial charge in [-0.05, 0) is 11.6 Å². The number of halogens is 1. The molecule has 3 nitrogen and oxygen atoms in total. The van der Waals surface area contributed by atoms with E-state index in [0.717, 1.165) is 5.56 Å². The number of likely N-dealkylation sites (N-methyl/N-ethyl adjacent to an activating group) is 1. The van der Waals surface area contributed by atoms with Crippen LogP contribution in [0.25, 0.3) is 0 Å². The first-order chi connectivity index (χ1) is 7.11. The normalized spacial score (nSPS) is 26.1. The lowest BCUT2D eigenvalue weighted by Gasteiger charge is -2.20. The maximum absolute atomic E-state index is 11.4. The second kappa shape index (κ2) is 3.83. The molecule has 0 radical (unpaired) electrons. The van der Waals surface area contributed by atoms with E-state index in [2.05, 4.69) is 0 Å². The lowest BCUT2D eigenvalue weighted by atomic mass is 10.0. The van der Waals surface area contributed by atoms with Gasteiger partial charge in [-0.2, -0.15) is 0 Å². The third kappa shape index (κ3) is 1.73. The van der Waals surface area contributed by atoms with Crippen LogP contribution in [0.4, 0.5) is 0 Å². The van der Waals surface area contributed by atoms with E-state index >= 15 is 0 Å². The zero-order valence-electron chi connectivity index (χ0n) is 8.35. The number of aliphatic hydroxyl groups excluding tert-OH is 1. The molecule has 0 bridgehead atoms. The van der Waals surface area contributed by atoms with Crippen molar-refractivity contribution >= 4 is 17.5 Å². The first kappa shape index (κ1) is 10.5. The number of amides is 1. The SMILES string of the molecule is CN1C(=O)[C@@H](O)C[C@H]1c1ccccc1Cl. The number of carbonyl (C=O) groups is 1. The fraction of sp³-hybridized carbons (Fsp3) is 0.364. The van der Waals surface area contributed by atoms with Gasteiger partial charge in [-0.15, -0.1) is 0 Å². The van der Waals surface area contributed by atoms with Gasteiger partial charge in [0, 0.05) is 18.5 Å². The summed E-state index contributed by atoms with van der Waals surface area (Å²) in [6.45, 7) is 0. The average molecular weight is 226 g/mol. The lowest BCUT2D eigenvalue weighted by Crippen LogP contribution is -2.26. The summed E-state index contributed by atoms with van der Waals surface area (Å²) in [5, 5.41) is 10.1. The van der Waals surface area contributed by atoms with E-state index in [0.29, 0.717) is 11.4 Å². The molecule has 2 rings (SSSR count). The molecule has 1 aliphatic heterocycles. The van der Waals surface area contributed by atoms with E-state index in [9.17, 15) is 9.90 Å². The highest BCUT2D eigenvalue weighted by Crippen LogP contribution is 2.35. The van der Waals surface area contributed by atoms with E-state index < -0.39 is 6.10 Å². The second-order valence-electron chi connectivity index (χ2n) is 3.74. The Hall–Kier alpha value is -1.06. The van der Waals surface area contributed by atoms with Gasteiger partial charge in [0.25, 0.3) is 5.91 Å². The molecule has 1 N–H and O–H groups in total. The fourth-order valence-electron chi connectivity index (χ4n) is 1.94. The fourth-order valence-corrected chi connectivity index (χ4v) is 2.20. The van der Waals surface area contributed by atoms with E-state index in [1.807, 2.05) is 18.2 Å². The zero-order chi connectivity index (χ0) is 11.0. The van der Waals surface area contributed by atoms with Crippen LogP contribution in [0.5, 0.6) is 0 Å². The summed E-state index contributed by atoms with van der Waals surface area (Å²) >= 11 is 6.05. The molecule has 1 amide bonds. The number of likely N-dealkylation sites (tertiary alicyclic amines) is 1. The van der Waals surface area contributed by atoms with Crippen molar-refractivity contribution in [3.05, 3.63) is 34.9 Å². The highest BCUT2D eigenvalue weighted by molar-refractivity contribution is 6.31. The Balaban J connectivity index is 2.34. The molecule has 0 aliphatic carbocycles. The Morgan fingerprint density at radius 3 is 2.67 bits per heavy atom. The third-order valence-electron chi connectivity index (χ3n) is 2.81. The number of aliphatic hydroxyl groups is 1. The number of rotatable bonds is 1. The summed E-state index contributed by atoms with van der Waals surface area (Å²) in [4.78, 5) is 13.0. The Morgan fingerprint density at radius 1 is 1.47 bits per heavy atom. The summed E-state index contributed by atoms with van der Waals surface area (Å²) in [5.74, 6) is -0.236. The summed E-state index contributed by atoms with van der Waals surface area (Å²) < 4.78 is 0. The van der Waals surface area contributed by atoms with Crippen LogP contribution >= 0.6 is 11.6 Å². The summed E-state index contributed by atoms with van der Waals surface area (Å²) in [5.41, 5.74) is 0.895. The van der Waals surface area contributed by atoms with Crippen LogP contribution in [0.1, 0.15) is 18.0 Å². The van der Waals surface area contributed by atoms with Crippen molar-refractivity contribution < 1.29 is 9.90 Å². The van der Waals surface area contributed by atoms with Gasteiger partial charge in [0.05, 0.1) is 6.04 Å². The minimum atomic E-state index is -0.892. The quantitative estimate of drug-likeness (QED) is 0.789. The van der Waals surface area contributed by atoms with Crippen molar-refractivity contribution in [3.8, 4) is 0 Å². The first-order valence-electron chi connectivity index (χ1n) is 4.80. The molecule has 1 saturated heterocycles. The Bertz CT molecular complexity index is 394. The summed E-state index contributed by atoms with van der Waals surface area (Å²) in [7, 11) is 1.69. The van der Waals surface area contributed by atoms with Crippen molar-refractivity contribution in [2.45, 2.75) is 18.6 Å². The van der Waals surface area contributed by atoms with Crippen LogP contribution < -0.4 is 0 Å². The number of hydrogen-bond donors (Lipinski definition) is 1. The molecule has 15 heavy (non-hydrogen) atoms. The molecule has 0 spiro atoms. The van der Waals surface area contributed by atoms with E-state index in [-0.39, 0.29) is 11.9 Å². The van der Waals surface area contributed by atoms with Crippen LogP contribution in [0.3, 0.4) is 0 Å². The van der Waals surface area contributed by atoms with E-state index in [1.165, 1.54) is 0 Å².